The van der Waals surface area contributed by atoms with Crippen LogP contribution in [0.3, 0.4) is 0 Å². The Balaban J connectivity index is 1.48. The molecule has 0 unspecified atom stereocenters. The third-order valence-corrected chi connectivity index (χ3v) is 7.32. The molecular weight excluding hydrogens is 427 g/mol. The molecular formula is C25H29FN2O3S. The van der Waals surface area contributed by atoms with Crippen molar-refractivity contribution in [1.29, 1.82) is 0 Å². The van der Waals surface area contributed by atoms with Gasteiger partial charge in [-0.3, -0.25) is 9.59 Å². The molecule has 1 aromatic carbocycles. The van der Waals surface area contributed by atoms with Gasteiger partial charge in [-0.2, -0.15) is 0 Å². The number of nitrogens with zero attached hydrogens (tertiary/aromatic N) is 2. The summed E-state index contributed by atoms with van der Waals surface area (Å²) >= 11 is 1.69. The topological polar surface area (TPSA) is 49.9 Å². The summed E-state index contributed by atoms with van der Waals surface area (Å²) in [5, 5.41) is 2.04. The Labute approximate surface area is 192 Å². The van der Waals surface area contributed by atoms with Crippen LogP contribution >= 0.6 is 11.3 Å². The second-order valence-electron chi connectivity index (χ2n) is 8.41. The molecule has 2 amide bonds. The lowest BCUT2D eigenvalue weighted by atomic mass is 10.00. The van der Waals surface area contributed by atoms with E-state index >= 15 is 0 Å². The van der Waals surface area contributed by atoms with Gasteiger partial charge in [0.2, 0.25) is 11.8 Å². The molecule has 0 saturated heterocycles. The third-order valence-electron chi connectivity index (χ3n) is 6.33. The fraction of sp³-hybridized carbons (Fsp3) is 0.440. The summed E-state index contributed by atoms with van der Waals surface area (Å²) in [5.41, 5.74) is 1.09. The zero-order valence-corrected chi connectivity index (χ0v) is 19.0. The lowest BCUT2D eigenvalue weighted by Crippen LogP contribution is -2.48. The summed E-state index contributed by atoms with van der Waals surface area (Å²) in [4.78, 5) is 31.1. The third kappa shape index (κ3) is 5.04. The first-order valence-electron chi connectivity index (χ1n) is 11.2. The van der Waals surface area contributed by atoms with E-state index in [1.807, 2.05) is 16.3 Å². The van der Waals surface area contributed by atoms with Gasteiger partial charge in [0.15, 0.2) is 0 Å². The molecule has 1 aliphatic carbocycles. The van der Waals surface area contributed by atoms with Gasteiger partial charge in [0.1, 0.15) is 24.7 Å². The molecule has 1 aromatic heterocycles. The number of carbonyl (C=O) groups is 2. The molecule has 1 fully saturated rings. The van der Waals surface area contributed by atoms with E-state index in [1.165, 1.54) is 17.0 Å². The number of hydrogen-bond donors (Lipinski definition) is 0. The van der Waals surface area contributed by atoms with Crippen LogP contribution in [0.4, 0.5) is 4.39 Å². The molecule has 2 aromatic rings. The fourth-order valence-electron chi connectivity index (χ4n) is 4.65. The molecule has 32 heavy (non-hydrogen) atoms. The minimum atomic E-state index is -0.318. The van der Waals surface area contributed by atoms with Crippen molar-refractivity contribution in [3.8, 4) is 5.75 Å². The predicted molar refractivity (Wildman–Crippen MR) is 123 cm³/mol. The highest BCUT2D eigenvalue weighted by Gasteiger charge is 2.34. The van der Waals surface area contributed by atoms with Gasteiger partial charge in [0, 0.05) is 23.9 Å². The Morgan fingerprint density at radius 3 is 2.69 bits per heavy atom. The molecule has 0 bridgehead atoms. The normalized spacial score (nSPS) is 18.3. The average molecular weight is 457 g/mol. The number of rotatable bonds is 8. The smallest absolute Gasteiger partial charge is 0.242 e. The van der Waals surface area contributed by atoms with E-state index in [0.29, 0.717) is 18.8 Å². The van der Waals surface area contributed by atoms with Crippen LogP contribution in [0.2, 0.25) is 0 Å². The van der Waals surface area contributed by atoms with E-state index in [0.717, 1.165) is 37.7 Å². The summed E-state index contributed by atoms with van der Waals surface area (Å²) in [6.45, 7) is 5.06. The number of halogens is 1. The molecule has 2 aliphatic rings. The van der Waals surface area contributed by atoms with Crippen molar-refractivity contribution in [3.05, 3.63) is 64.6 Å². The van der Waals surface area contributed by atoms with Gasteiger partial charge < -0.3 is 14.5 Å². The van der Waals surface area contributed by atoms with Crippen LogP contribution in [0.5, 0.6) is 5.75 Å². The van der Waals surface area contributed by atoms with E-state index in [1.54, 1.807) is 34.4 Å². The first kappa shape index (κ1) is 22.5. The number of hydrogen-bond acceptors (Lipinski definition) is 4. The number of thiophene rings is 1. The Bertz CT molecular complexity index is 952. The second-order valence-corrected chi connectivity index (χ2v) is 9.41. The summed E-state index contributed by atoms with van der Waals surface area (Å²) in [6.07, 6.45) is 6.42. The maximum atomic E-state index is 13.4. The quantitative estimate of drug-likeness (QED) is 0.546. The molecule has 0 spiro atoms. The van der Waals surface area contributed by atoms with Gasteiger partial charge in [0.25, 0.3) is 0 Å². The average Bonchev–Trinajstić information content (AvgIpc) is 3.50. The number of amides is 2. The summed E-state index contributed by atoms with van der Waals surface area (Å²) in [6, 6.07) is 7.70. The summed E-state index contributed by atoms with van der Waals surface area (Å²) in [7, 11) is 0. The van der Waals surface area contributed by atoms with Crippen LogP contribution in [0.15, 0.2) is 48.4 Å². The lowest BCUT2D eigenvalue weighted by molar-refractivity contribution is -0.144. The Morgan fingerprint density at radius 2 is 1.97 bits per heavy atom. The molecule has 1 saturated carbocycles. The SMILES string of the molecule is C=CCN(CC(=O)N1CCc2sccc2[C@@H]1COc1ccc(F)cc1)C(=O)C1CCCC1. The molecule has 1 aliphatic heterocycles. The first-order chi connectivity index (χ1) is 15.6. The highest BCUT2D eigenvalue weighted by atomic mass is 32.1. The molecule has 0 radical (unpaired) electrons. The van der Waals surface area contributed by atoms with Gasteiger partial charge in [0.05, 0.1) is 6.04 Å². The van der Waals surface area contributed by atoms with Crippen molar-refractivity contribution in [3.63, 3.8) is 0 Å². The molecule has 7 heteroatoms. The number of benzene rings is 1. The highest BCUT2D eigenvalue weighted by molar-refractivity contribution is 7.10. The van der Waals surface area contributed by atoms with Gasteiger partial charge >= 0.3 is 0 Å². The number of carbonyl (C=O) groups excluding carboxylic acids is 2. The van der Waals surface area contributed by atoms with Crippen molar-refractivity contribution in [2.24, 2.45) is 5.92 Å². The highest BCUT2D eigenvalue weighted by Crippen LogP contribution is 2.34. The number of fused-ring (bicyclic) bond motifs is 1. The van der Waals surface area contributed by atoms with E-state index < -0.39 is 0 Å². The van der Waals surface area contributed by atoms with E-state index in [4.69, 9.17) is 4.74 Å². The minimum Gasteiger partial charge on any atom is -0.491 e. The van der Waals surface area contributed by atoms with Crippen LogP contribution in [-0.4, -0.2) is 47.9 Å². The lowest BCUT2D eigenvalue weighted by Gasteiger charge is -2.37. The van der Waals surface area contributed by atoms with Crippen molar-refractivity contribution in [1.82, 2.24) is 9.80 Å². The van der Waals surface area contributed by atoms with E-state index in [-0.39, 0.29) is 42.7 Å². The summed E-state index contributed by atoms with van der Waals surface area (Å²) in [5.74, 6) is 0.239. The van der Waals surface area contributed by atoms with Gasteiger partial charge in [-0.15, -0.1) is 17.9 Å². The van der Waals surface area contributed by atoms with Gasteiger partial charge in [-0.1, -0.05) is 18.9 Å². The zero-order valence-electron chi connectivity index (χ0n) is 18.2. The molecule has 5 nitrogen and oxygen atoms in total. The van der Waals surface area contributed by atoms with Crippen LogP contribution in [-0.2, 0) is 16.0 Å². The molecule has 2 heterocycles. The van der Waals surface area contributed by atoms with E-state index in [9.17, 15) is 14.0 Å². The fourth-order valence-corrected chi connectivity index (χ4v) is 5.58. The maximum absolute atomic E-state index is 13.4. The molecule has 4 rings (SSSR count). The maximum Gasteiger partial charge on any atom is 0.242 e. The van der Waals surface area contributed by atoms with Gasteiger partial charge in [-0.25, -0.2) is 4.39 Å². The van der Waals surface area contributed by atoms with Crippen LogP contribution in [0.1, 0.15) is 42.2 Å². The Kier molecular flexibility index (Phi) is 7.25. The van der Waals surface area contributed by atoms with Crippen molar-refractivity contribution in [2.75, 3.05) is 26.2 Å². The number of ether oxygens (including phenoxy) is 1. The standard InChI is InChI=1S/C25H29FN2O3S/c1-2-13-27(25(30)18-5-3-4-6-18)16-24(29)28-14-11-23-21(12-15-32-23)22(28)17-31-20-9-7-19(26)8-10-20/h2,7-10,12,15,18,22H,1,3-6,11,13-14,16-17H2/t22-/m0/s1. The molecule has 0 N–H and O–H groups in total. The van der Waals surface area contributed by atoms with Crippen LogP contribution < -0.4 is 4.74 Å². The van der Waals surface area contributed by atoms with Gasteiger partial charge in [-0.05, 0) is 60.5 Å². The predicted octanol–water partition coefficient (Wildman–Crippen LogP) is 4.60. The second kappa shape index (κ2) is 10.3. The minimum absolute atomic E-state index is 0.0187. The van der Waals surface area contributed by atoms with Crippen molar-refractivity contribution >= 4 is 23.2 Å². The van der Waals surface area contributed by atoms with Crippen molar-refractivity contribution in [2.45, 2.75) is 38.1 Å². The first-order valence-corrected chi connectivity index (χ1v) is 12.1. The Morgan fingerprint density at radius 1 is 1.22 bits per heavy atom. The zero-order chi connectivity index (χ0) is 22.5. The van der Waals surface area contributed by atoms with Crippen molar-refractivity contribution < 1.29 is 18.7 Å². The molecule has 170 valence electrons. The monoisotopic (exact) mass is 456 g/mol. The largest absolute Gasteiger partial charge is 0.491 e. The van der Waals surface area contributed by atoms with E-state index in [2.05, 4.69) is 6.58 Å². The van der Waals surface area contributed by atoms with Crippen LogP contribution in [0, 0.1) is 11.7 Å². The Hall–Kier alpha value is -2.67. The summed E-state index contributed by atoms with van der Waals surface area (Å²) < 4.78 is 19.2. The molecule has 1 atom stereocenters. The van der Waals surface area contributed by atoms with Crippen LogP contribution in [0.25, 0.3) is 0 Å².